The molecule has 0 saturated carbocycles. The summed E-state index contributed by atoms with van der Waals surface area (Å²) in [5.74, 6) is 0.653. The lowest BCUT2D eigenvalue weighted by Gasteiger charge is -2.15. The molecule has 5 heteroatoms. The van der Waals surface area contributed by atoms with Crippen LogP contribution in [0.25, 0.3) is 116 Å². The molecule has 264 valence electrons. The lowest BCUT2D eigenvalue weighted by Crippen LogP contribution is -2.03. The average Bonchev–Trinajstić information content (AvgIpc) is 3.92. The molecule has 0 aliphatic heterocycles. The molecular weight excluding hydrogens is 695 g/mol. The van der Waals surface area contributed by atoms with Crippen LogP contribution in [0.4, 0.5) is 0 Å². The lowest BCUT2D eigenvalue weighted by atomic mass is 9.99. The molecule has 0 amide bonds. The summed E-state index contributed by atoms with van der Waals surface area (Å²) in [5, 5.41) is 10.8. The van der Waals surface area contributed by atoms with Gasteiger partial charge in [-0.3, -0.25) is 4.57 Å². The Bertz CT molecular complexity index is 3460. The van der Waals surface area contributed by atoms with Gasteiger partial charge in [-0.05, 0) is 54.6 Å². The van der Waals surface area contributed by atoms with E-state index in [1.54, 1.807) is 0 Å². The summed E-state index contributed by atoms with van der Waals surface area (Å²) in [4.78, 5) is 10.7. The van der Waals surface area contributed by atoms with Crippen molar-refractivity contribution in [3.05, 3.63) is 188 Å². The molecule has 0 fully saturated rings. The van der Waals surface area contributed by atoms with Crippen molar-refractivity contribution in [1.82, 2.24) is 23.7 Å². The molecule has 13 aromatic rings. The summed E-state index contributed by atoms with van der Waals surface area (Å²) in [5.41, 5.74) is 12.1. The van der Waals surface area contributed by atoms with Gasteiger partial charge in [-0.25, -0.2) is 9.97 Å². The molecular formula is C52H31N5. The van der Waals surface area contributed by atoms with Gasteiger partial charge in [0.25, 0.3) is 0 Å². The smallest absolute Gasteiger partial charge is 0.235 e. The van der Waals surface area contributed by atoms with E-state index in [0.717, 1.165) is 44.6 Å². The van der Waals surface area contributed by atoms with Crippen molar-refractivity contribution in [2.45, 2.75) is 0 Å². The number of hydrogen-bond donors (Lipinski definition) is 0. The monoisotopic (exact) mass is 725 g/mol. The summed E-state index contributed by atoms with van der Waals surface area (Å²) < 4.78 is 7.17. The molecule has 9 aromatic carbocycles. The molecule has 0 N–H and O–H groups in total. The van der Waals surface area contributed by atoms with Crippen molar-refractivity contribution in [2.24, 2.45) is 0 Å². The first-order valence-electron chi connectivity index (χ1n) is 19.4. The van der Waals surface area contributed by atoms with Crippen molar-refractivity contribution in [1.29, 1.82) is 0 Å². The van der Waals surface area contributed by atoms with Gasteiger partial charge in [0, 0.05) is 54.0 Å². The van der Waals surface area contributed by atoms with Crippen LogP contribution in [0, 0.1) is 0 Å². The highest BCUT2D eigenvalue weighted by atomic mass is 15.2. The van der Waals surface area contributed by atoms with E-state index in [4.69, 9.17) is 9.97 Å². The fourth-order valence-electron chi connectivity index (χ4n) is 9.68. The first-order chi connectivity index (χ1) is 28.3. The van der Waals surface area contributed by atoms with Crippen LogP contribution in [0.3, 0.4) is 0 Å². The molecule has 0 atom stereocenters. The molecule has 0 saturated heterocycles. The normalized spacial score (nSPS) is 12.2. The van der Waals surface area contributed by atoms with Crippen molar-refractivity contribution < 1.29 is 0 Å². The molecule has 0 bridgehead atoms. The Labute approximate surface area is 326 Å². The third-order valence-electron chi connectivity index (χ3n) is 12.0. The van der Waals surface area contributed by atoms with Crippen LogP contribution >= 0.6 is 0 Å². The van der Waals surface area contributed by atoms with Crippen molar-refractivity contribution >= 4 is 87.1 Å². The summed E-state index contributed by atoms with van der Waals surface area (Å²) in [7, 11) is 0. The number of benzene rings is 9. The predicted octanol–water partition coefficient (Wildman–Crippen LogP) is 13.2. The highest BCUT2D eigenvalue weighted by Gasteiger charge is 2.25. The molecule has 57 heavy (non-hydrogen) atoms. The lowest BCUT2D eigenvalue weighted by molar-refractivity contribution is 1.01. The third kappa shape index (κ3) is 4.12. The molecule has 4 aromatic heterocycles. The van der Waals surface area contributed by atoms with Gasteiger partial charge < -0.3 is 9.13 Å². The second-order valence-corrected chi connectivity index (χ2v) is 14.9. The van der Waals surface area contributed by atoms with Crippen molar-refractivity contribution in [3.63, 3.8) is 0 Å². The highest BCUT2D eigenvalue weighted by Crippen LogP contribution is 2.45. The maximum Gasteiger partial charge on any atom is 0.235 e. The fourth-order valence-corrected chi connectivity index (χ4v) is 9.68. The van der Waals surface area contributed by atoms with Gasteiger partial charge in [0.2, 0.25) is 5.95 Å². The van der Waals surface area contributed by atoms with E-state index in [9.17, 15) is 0 Å². The fraction of sp³-hybridized carbons (Fsp3) is 0. The van der Waals surface area contributed by atoms with E-state index < -0.39 is 0 Å². The first kappa shape index (κ1) is 30.6. The minimum Gasteiger partial charge on any atom is -0.309 e. The Morgan fingerprint density at radius 1 is 0.281 bits per heavy atom. The molecule has 0 radical (unpaired) electrons. The molecule has 0 spiro atoms. The number of hydrogen-bond acceptors (Lipinski definition) is 2. The molecule has 0 aliphatic carbocycles. The summed E-state index contributed by atoms with van der Waals surface area (Å²) >= 11 is 0. The zero-order valence-corrected chi connectivity index (χ0v) is 30.6. The molecule has 4 heterocycles. The zero-order valence-electron chi connectivity index (χ0n) is 30.6. The topological polar surface area (TPSA) is 40.6 Å². The number of para-hydroxylation sites is 5. The standard InChI is InChI=1S/C52H31N5/c1-2-14-32(15-3-1)51-37-20-4-9-21-40(37)53-52(54-51)57-47-30-28-45(55-41-22-10-5-16-33(41)34-17-6-11-23-42(34)55)38-26-27-39-46(29-31-48(57)50(39)49(38)47)56-43-24-12-7-18-35(43)36-19-8-13-25-44(36)56/h1-31H. The Balaban J connectivity index is 1.19. The third-order valence-corrected chi connectivity index (χ3v) is 12.0. The first-order valence-corrected chi connectivity index (χ1v) is 19.4. The van der Waals surface area contributed by atoms with E-state index in [2.05, 4.69) is 202 Å². The van der Waals surface area contributed by atoms with E-state index in [0.29, 0.717) is 5.95 Å². The Morgan fingerprint density at radius 2 is 0.702 bits per heavy atom. The van der Waals surface area contributed by atoms with Crippen molar-refractivity contribution in [3.8, 4) is 28.6 Å². The van der Waals surface area contributed by atoms with Crippen LogP contribution in [-0.4, -0.2) is 23.7 Å². The van der Waals surface area contributed by atoms with Gasteiger partial charge in [-0.15, -0.1) is 0 Å². The largest absolute Gasteiger partial charge is 0.309 e. The summed E-state index contributed by atoms with van der Waals surface area (Å²) in [6.07, 6.45) is 0. The van der Waals surface area contributed by atoms with Crippen LogP contribution in [0.1, 0.15) is 0 Å². The van der Waals surface area contributed by atoms with E-state index >= 15 is 0 Å². The number of rotatable bonds is 4. The average molecular weight is 726 g/mol. The Kier molecular flexibility index (Phi) is 6.10. The molecule has 0 unspecified atom stereocenters. The second-order valence-electron chi connectivity index (χ2n) is 14.9. The van der Waals surface area contributed by atoms with Gasteiger partial charge in [0.1, 0.15) is 0 Å². The van der Waals surface area contributed by atoms with E-state index in [1.165, 1.54) is 65.2 Å². The minimum atomic E-state index is 0.653. The van der Waals surface area contributed by atoms with Crippen LogP contribution in [-0.2, 0) is 0 Å². The Morgan fingerprint density at radius 3 is 1.19 bits per heavy atom. The maximum absolute atomic E-state index is 5.42. The second kappa shape index (κ2) is 11.4. The number of fused-ring (bicyclic) bond motifs is 7. The Hall–Kier alpha value is -7.76. The van der Waals surface area contributed by atoms with Crippen molar-refractivity contribution in [2.75, 3.05) is 0 Å². The van der Waals surface area contributed by atoms with Gasteiger partial charge in [0.05, 0.1) is 55.7 Å². The van der Waals surface area contributed by atoms with E-state index in [-0.39, 0.29) is 0 Å². The molecule has 5 nitrogen and oxygen atoms in total. The minimum absolute atomic E-state index is 0.653. The van der Waals surface area contributed by atoms with Gasteiger partial charge in [-0.2, -0.15) is 0 Å². The maximum atomic E-state index is 5.42. The predicted molar refractivity (Wildman–Crippen MR) is 237 cm³/mol. The van der Waals surface area contributed by atoms with Gasteiger partial charge >= 0.3 is 0 Å². The molecule has 0 aliphatic rings. The zero-order chi connectivity index (χ0) is 37.2. The SMILES string of the molecule is c1ccc(-c2nc(-n3c4ccc(-n5c6ccccc6c6ccccc65)c5ccc6c(-n7c8ccccc8c8ccccc87)ccc3c6c54)nc3ccccc23)cc1. The van der Waals surface area contributed by atoms with Crippen LogP contribution in [0.2, 0.25) is 0 Å². The summed E-state index contributed by atoms with van der Waals surface area (Å²) in [6.45, 7) is 0. The van der Waals surface area contributed by atoms with Crippen LogP contribution in [0.15, 0.2) is 188 Å². The number of nitrogens with zero attached hydrogens (tertiary/aromatic N) is 5. The van der Waals surface area contributed by atoms with Gasteiger partial charge in [0.15, 0.2) is 0 Å². The quantitative estimate of drug-likeness (QED) is 0.170. The van der Waals surface area contributed by atoms with Crippen LogP contribution < -0.4 is 0 Å². The summed E-state index contributed by atoms with van der Waals surface area (Å²) in [6, 6.07) is 67.6. The highest BCUT2D eigenvalue weighted by molar-refractivity contribution is 6.28. The number of aromatic nitrogens is 5. The van der Waals surface area contributed by atoms with E-state index in [1.807, 2.05) is 0 Å². The van der Waals surface area contributed by atoms with Gasteiger partial charge in [-0.1, -0.05) is 133 Å². The van der Waals surface area contributed by atoms with Crippen LogP contribution in [0.5, 0.6) is 0 Å². The molecule has 13 rings (SSSR count).